The number of rotatable bonds is 4. The number of nitrogens with one attached hydrogen (secondary N) is 2. The van der Waals surface area contributed by atoms with Gasteiger partial charge >= 0.3 is 6.09 Å². The molecule has 0 bridgehead atoms. The second-order valence-electron chi connectivity index (χ2n) is 3.27. The topological polar surface area (TPSA) is 70.6 Å². The number of alkyl halides is 3. The molecule has 0 heterocycles. The predicted octanol–water partition coefficient (Wildman–Crippen LogP) is 3.07. The molecule has 5 nitrogen and oxygen atoms in total. The summed E-state index contributed by atoms with van der Waals surface area (Å²) in [6, 6.07) is 6.87. The standard InChI is InChI=1S/C10H11Cl3N2O3/c1-18-7-5-3-2-4-6(7)14-8(10(11,12)13)15-9(16)17/h2-5,8,14-15H,1H3,(H,16,17). The Kier molecular flexibility index (Phi) is 5.19. The SMILES string of the molecule is COc1ccccc1NC(NC(=O)O)C(Cl)(Cl)Cl. The molecule has 0 spiro atoms. The maximum Gasteiger partial charge on any atom is 0.406 e. The number of carbonyl (C=O) groups is 1. The number of halogens is 3. The van der Waals surface area contributed by atoms with E-state index in [2.05, 4.69) is 10.6 Å². The minimum absolute atomic E-state index is 0.504. The largest absolute Gasteiger partial charge is 0.495 e. The van der Waals surface area contributed by atoms with Crippen LogP contribution < -0.4 is 15.4 Å². The van der Waals surface area contributed by atoms with E-state index in [4.69, 9.17) is 44.6 Å². The van der Waals surface area contributed by atoms with Gasteiger partial charge in [0.2, 0.25) is 3.79 Å². The Morgan fingerprint density at radius 2 is 2.00 bits per heavy atom. The Morgan fingerprint density at radius 1 is 1.39 bits per heavy atom. The van der Waals surface area contributed by atoms with Gasteiger partial charge in [0.05, 0.1) is 12.8 Å². The van der Waals surface area contributed by atoms with Gasteiger partial charge in [-0.05, 0) is 12.1 Å². The first-order valence-corrected chi connectivity index (χ1v) is 5.93. The Labute approximate surface area is 119 Å². The van der Waals surface area contributed by atoms with Crippen molar-refractivity contribution in [3.63, 3.8) is 0 Å². The zero-order valence-corrected chi connectivity index (χ0v) is 11.6. The summed E-state index contributed by atoms with van der Waals surface area (Å²) in [7, 11) is 1.48. The van der Waals surface area contributed by atoms with Crippen molar-refractivity contribution in [2.45, 2.75) is 9.96 Å². The first-order valence-electron chi connectivity index (χ1n) is 4.80. The molecular weight excluding hydrogens is 302 g/mol. The van der Waals surface area contributed by atoms with Gasteiger partial charge in [-0.3, -0.25) is 5.32 Å². The van der Waals surface area contributed by atoms with E-state index >= 15 is 0 Å². The van der Waals surface area contributed by atoms with E-state index < -0.39 is 16.1 Å². The lowest BCUT2D eigenvalue weighted by atomic mass is 10.3. The van der Waals surface area contributed by atoms with Crippen molar-refractivity contribution in [2.75, 3.05) is 12.4 Å². The molecule has 0 saturated heterocycles. The van der Waals surface area contributed by atoms with Crippen LogP contribution in [0.25, 0.3) is 0 Å². The molecule has 1 aromatic rings. The van der Waals surface area contributed by atoms with Crippen molar-refractivity contribution in [3.05, 3.63) is 24.3 Å². The van der Waals surface area contributed by atoms with E-state index in [0.717, 1.165) is 0 Å². The van der Waals surface area contributed by atoms with Gasteiger partial charge < -0.3 is 15.2 Å². The second kappa shape index (κ2) is 6.22. The van der Waals surface area contributed by atoms with Crippen LogP contribution in [0.2, 0.25) is 0 Å². The van der Waals surface area contributed by atoms with Gasteiger partial charge in [0.15, 0.2) is 6.17 Å². The van der Waals surface area contributed by atoms with Crippen LogP contribution in [-0.2, 0) is 0 Å². The number of amides is 1. The summed E-state index contributed by atoms with van der Waals surface area (Å²) in [6.07, 6.45) is -2.43. The van der Waals surface area contributed by atoms with Gasteiger partial charge in [0.25, 0.3) is 0 Å². The van der Waals surface area contributed by atoms with E-state index in [0.29, 0.717) is 11.4 Å². The summed E-state index contributed by atoms with van der Waals surface area (Å²) >= 11 is 17.1. The highest BCUT2D eigenvalue weighted by atomic mass is 35.6. The van der Waals surface area contributed by atoms with Gasteiger partial charge in [-0.25, -0.2) is 4.79 Å². The number of methoxy groups -OCH3 is 1. The number of para-hydroxylation sites is 2. The molecule has 1 amide bonds. The van der Waals surface area contributed by atoms with E-state index in [1.807, 2.05) is 0 Å². The number of benzene rings is 1. The highest BCUT2D eigenvalue weighted by Gasteiger charge is 2.34. The lowest BCUT2D eigenvalue weighted by Crippen LogP contribution is -2.48. The normalized spacial score (nSPS) is 12.7. The van der Waals surface area contributed by atoms with Crippen molar-refractivity contribution in [3.8, 4) is 5.75 Å². The summed E-state index contributed by atoms with van der Waals surface area (Å²) in [5, 5.41) is 13.5. The van der Waals surface area contributed by atoms with Crippen LogP contribution in [0.5, 0.6) is 5.75 Å². The van der Waals surface area contributed by atoms with Crippen molar-refractivity contribution < 1.29 is 14.6 Å². The molecule has 100 valence electrons. The average Bonchev–Trinajstić information content (AvgIpc) is 2.27. The Morgan fingerprint density at radius 3 is 2.50 bits per heavy atom. The van der Waals surface area contributed by atoms with Crippen molar-refractivity contribution in [1.29, 1.82) is 0 Å². The van der Waals surface area contributed by atoms with Gasteiger partial charge in [0, 0.05) is 0 Å². The Balaban J connectivity index is 2.92. The van der Waals surface area contributed by atoms with E-state index in [1.54, 1.807) is 24.3 Å². The van der Waals surface area contributed by atoms with Crippen LogP contribution in [0.3, 0.4) is 0 Å². The summed E-state index contributed by atoms with van der Waals surface area (Å²) in [5.74, 6) is 0.504. The molecule has 18 heavy (non-hydrogen) atoms. The minimum atomic E-state index is -1.85. The lowest BCUT2D eigenvalue weighted by Gasteiger charge is -2.26. The summed E-state index contributed by atoms with van der Waals surface area (Å²) in [5.41, 5.74) is 0.505. The molecule has 1 rings (SSSR count). The number of hydrogen-bond donors (Lipinski definition) is 3. The maximum absolute atomic E-state index is 10.6. The second-order valence-corrected chi connectivity index (χ2v) is 5.64. The number of hydrogen-bond acceptors (Lipinski definition) is 3. The maximum atomic E-state index is 10.6. The lowest BCUT2D eigenvalue weighted by molar-refractivity contribution is 0.191. The third-order valence-corrected chi connectivity index (χ3v) is 2.66. The average molecular weight is 314 g/mol. The number of anilines is 1. The molecule has 0 aliphatic carbocycles. The molecule has 1 unspecified atom stereocenters. The fourth-order valence-electron chi connectivity index (χ4n) is 1.24. The summed E-state index contributed by atoms with van der Waals surface area (Å²) in [6.45, 7) is 0. The monoisotopic (exact) mass is 312 g/mol. The van der Waals surface area contributed by atoms with Crippen LogP contribution in [0.1, 0.15) is 0 Å². The highest BCUT2D eigenvalue weighted by Crippen LogP contribution is 2.33. The number of ether oxygens (including phenoxy) is 1. The molecule has 8 heteroatoms. The molecule has 3 N–H and O–H groups in total. The van der Waals surface area contributed by atoms with E-state index in [-0.39, 0.29) is 0 Å². The van der Waals surface area contributed by atoms with Crippen LogP contribution in [-0.4, -0.2) is 28.3 Å². The first kappa shape index (κ1) is 15.0. The van der Waals surface area contributed by atoms with Crippen LogP contribution in [0.4, 0.5) is 10.5 Å². The Bertz CT molecular complexity index is 423. The molecule has 1 aromatic carbocycles. The summed E-state index contributed by atoms with van der Waals surface area (Å²) in [4.78, 5) is 10.6. The smallest absolute Gasteiger partial charge is 0.406 e. The zero-order chi connectivity index (χ0) is 13.8. The molecule has 0 radical (unpaired) electrons. The van der Waals surface area contributed by atoms with Gasteiger partial charge in [0.1, 0.15) is 5.75 Å². The predicted molar refractivity (Wildman–Crippen MR) is 71.9 cm³/mol. The van der Waals surface area contributed by atoms with Gasteiger partial charge in [-0.2, -0.15) is 0 Å². The fourth-order valence-corrected chi connectivity index (χ4v) is 1.57. The molecule has 0 saturated carbocycles. The van der Waals surface area contributed by atoms with Crippen molar-refractivity contribution in [2.24, 2.45) is 0 Å². The van der Waals surface area contributed by atoms with E-state index in [1.165, 1.54) is 7.11 Å². The van der Waals surface area contributed by atoms with Gasteiger partial charge in [-0.15, -0.1) is 0 Å². The molecule has 0 aromatic heterocycles. The third-order valence-electron chi connectivity index (χ3n) is 2.00. The fraction of sp³-hybridized carbons (Fsp3) is 0.300. The first-order chi connectivity index (χ1) is 8.34. The van der Waals surface area contributed by atoms with Crippen LogP contribution >= 0.6 is 34.8 Å². The molecule has 1 atom stereocenters. The quantitative estimate of drug-likeness (QED) is 0.590. The molecule has 0 aliphatic heterocycles. The van der Waals surface area contributed by atoms with Crippen molar-refractivity contribution in [1.82, 2.24) is 5.32 Å². The van der Waals surface area contributed by atoms with Crippen LogP contribution in [0.15, 0.2) is 24.3 Å². The third kappa shape index (κ3) is 4.33. The Hall–Kier alpha value is -1.04. The summed E-state index contributed by atoms with van der Waals surface area (Å²) < 4.78 is 3.25. The molecular formula is C10H11Cl3N2O3. The van der Waals surface area contributed by atoms with Crippen LogP contribution in [0, 0.1) is 0 Å². The van der Waals surface area contributed by atoms with Crippen molar-refractivity contribution >= 4 is 46.6 Å². The molecule has 0 fully saturated rings. The zero-order valence-electron chi connectivity index (χ0n) is 9.28. The van der Waals surface area contributed by atoms with E-state index in [9.17, 15) is 4.79 Å². The number of carboxylic acid groups (broad SMARTS) is 1. The minimum Gasteiger partial charge on any atom is -0.495 e. The van der Waals surface area contributed by atoms with Gasteiger partial charge in [-0.1, -0.05) is 46.9 Å². The molecule has 0 aliphatic rings. The highest BCUT2D eigenvalue weighted by molar-refractivity contribution is 6.68.